The van der Waals surface area contributed by atoms with Gasteiger partial charge in [0.15, 0.2) is 0 Å². The first-order valence-corrected chi connectivity index (χ1v) is 12.7. The number of hydrogen-bond acceptors (Lipinski definition) is 5. The predicted octanol–water partition coefficient (Wildman–Crippen LogP) is 5.72. The molecule has 0 saturated carbocycles. The maximum Gasteiger partial charge on any atom is 0.221 e. The lowest BCUT2D eigenvalue weighted by Crippen LogP contribution is -2.34. The number of hydrogen-bond donors (Lipinski definition) is 2. The van der Waals surface area contributed by atoms with Crippen molar-refractivity contribution in [2.45, 2.75) is 46.6 Å². The van der Waals surface area contributed by atoms with E-state index in [1.165, 1.54) is 22.1 Å². The van der Waals surface area contributed by atoms with Crippen LogP contribution in [0.15, 0.2) is 71.1 Å². The Hall–Kier alpha value is -3.25. The summed E-state index contributed by atoms with van der Waals surface area (Å²) in [6, 6.07) is 12.4. The average molecular weight is 470 g/mol. The average Bonchev–Trinajstić information content (AvgIpc) is 3.48. The van der Waals surface area contributed by atoms with Crippen LogP contribution in [0.25, 0.3) is 10.9 Å². The van der Waals surface area contributed by atoms with Crippen molar-refractivity contribution in [2.24, 2.45) is 23.7 Å². The maximum absolute atomic E-state index is 6.11. The maximum atomic E-state index is 6.11. The van der Waals surface area contributed by atoms with Crippen molar-refractivity contribution in [3.05, 3.63) is 89.5 Å². The van der Waals surface area contributed by atoms with Crippen LogP contribution in [0.4, 0.5) is 0 Å². The summed E-state index contributed by atoms with van der Waals surface area (Å²) in [5.41, 5.74) is 4.98. The third kappa shape index (κ3) is 5.54. The van der Waals surface area contributed by atoms with Crippen LogP contribution in [0.5, 0.6) is 0 Å². The molecule has 0 saturated heterocycles. The topological polar surface area (TPSA) is 79.6 Å². The number of aromatic nitrogens is 4. The van der Waals surface area contributed by atoms with Gasteiger partial charge in [0.1, 0.15) is 0 Å². The van der Waals surface area contributed by atoms with E-state index in [2.05, 4.69) is 76.6 Å². The van der Waals surface area contributed by atoms with Crippen molar-refractivity contribution in [3.63, 3.8) is 0 Å². The van der Waals surface area contributed by atoms with Gasteiger partial charge >= 0.3 is 0 Å². The normalized spacial score (nSPS) is 20.5. The van der Waals surface area contributed by atoms with Crippen molar-refractivity contribution >= 4 is 10.9 Å². The van der Waals surface area contributed by atoms with Crippen LogP contribution in [-0.2, 0) is 19.4 Å². The highest BCUT2D eigenvalue weighted by Gasteiger charge is 2.32. The second-order valence-electron chi connectivity index (χ2n) is 10.2. The Morgan fingerprint density at radius 2 is 1.97 bits per heavy atom. The van der Waals surface area contributed by atoms with Crippen molar-refractivity contribution in [3.8, 4) is 0 Å². The van der Waals surface area contributed by atoms with E-state index in [0.717, 1.165) is 37.3 Å². The molecule has 182 valence electrons. The van der Waals surface area contributed by atoms with Crippen LogP contribution < -0.4 is 5.32 Å². The molecule has 0 fully saturated rings. The monoisotopic (exact) mass is 469 g/mol. The zero-order chi connectivity index (χ0) is 24.2. The van der Waals surface area contributed by atoms with Gasteiger partial charge in [-0.2, -0.15) is 0 Å². The second-order valence-corrected chi connectivity index (χ2v) is 10.2. The summed E-state index contributed by atoms with van der Waals surface area (Å²) in [5.74, 6) is 3.64. The fraction of sp³-hybridized carbons (Fsp3) is 0.414. The summed E-state index contributed by atoms with van der Waals surface area (Å²) < 4.78 is 6.11. The van der Waals surface area contributed by atoms with Crippen LogP contribution in [0.2, 0.25) is 0 Å². The standard InChI is InChI=1S/C29H35N5O/c1-19(2)26-12-22(20(3)11-23(26)17-31-16-21-7-6-10-30-15-21)13-28-33-34-29(35-28)14-24-18-32-27-9-5-4-8-25(24)27/h4-11,15,18-19,22-23,26,31-32H,12-14,16-17H2,1-3H3/t22-,23-,26-/m0/s1. The molecule has 3 heterocycles. The SMILES string of the molecule is CC1=C[C@@H](CNCc2cccnc2)[C@H](C(C)C)C[C@H]1Cc1nnc(Cc2c[nH]c3ccccc23)o1. The van der Waals surface area contributed by atoms with Crippen LogP contribution in [0.3, 0.4) is 0 Å². The van der Waals surface area contributed by atoms with Crippen molar-refractivity contribution in [2.75, 3.05) is 6.54 Å². The Bertz CT molecular complexity index is 1270. The lowest BCUT2D eigenvalue weighted by molar-refractivity contribution is 0.217. The minimum absolute atomic E-state index is 0.443. The Kier molecular flexibility index (Phi) is 7.09. The fourth-order valence-electron chi connectivity index (χ4n) is 5.49. The van der Waals surface area contributed by atoms with Gasteiger partial charge in [-0.05, 0) is 60.3 Å². The quantitative estimate of drug-likeness (QED) is 0.306. The number of rotatable bonds is 9. The highest BCUT2D eigenvalue weighted by Crippen LogP contribution is 2.38. The number of nitrogens with one attached hydrogen (secondary N) is 2. The molecule has 0 bridgehead atoms. The molecule has 6 nitrogen and oxygen atoms in total. The van der Waals surface area contributed by atoms with Gasteiger partial charge in [-0.1, -0.05) is 49.8 Å². The van der Waals surface area contributed by atoms with Crippen LogP contribution in [-0.4, -0.2) is 26.7 Å². The molecule has 3 atom stereocenters. The molecule has 3 aromatic heterocycles. The van der Waals surface area contributed by atoms with Gasteiger partial charge in [0.2, 0.25) is 11.8 Å². The second kappa shape index (κ2) is 10.6. The lowest BCUT2D eigenvalue weighted by Gasteiger charge is -2.37. The van der Waals surface area contributed by atoms with E-state index < -0.39 is 0 Å². The third-order valence-corrected chi connectivity index (χ3v) is 7.46. The molecule has 0 aliphatic heterocycles. The number of benzene rings is 1. The number of pyridine rings is 1. The van der Waals surface area contributed by atoms with Crippen LogP contribution in [0.1, 0.15) is 50.1 Å². The number of para-hydroxylation sites is 1. The number of nitrogens with zero attached hydrogens (tertiary/aromatic N) is 3. The van der Waals surface area contributed by atoms with E-state index in [-0.39, 0.29) is 0 Å². The number of fused-ring (bicyclic) bond motifs is 1. The van der Waals surface area contributed by atoms with Crippen LogP contribution in [0, 0.1) is 23.7 Å². The van der Waals surface area contributed by atoms with Gasteiger partial charge in [-0.15, -0.1) is 10.2 Å². The third-order valence-electron chi connectivity index (χ3n) is 7.46. The lowest BCUT2D eigenvalue weighted by atomic mass is 9.70. The van der Waals surface area contributed by atoms with Gasteiger partial charge in [0, 0.05) is 49.0 Å². The summed E-state index contributed by atoms with van der Waals surface area (Å²) >= 11 is 0. The summed E-state index contributed by atoms with van der Waals surface area (Å²) in [5, 5.41) is 13.6. The molecule has 1 aliphatic rings. The van der Waals surface area contributed by atoms with E-state index in [1.807, 2.05) is 30.7 Å². The Balaban J connectivity index is 1.22. The smallest absolute Gasteiger partial charge is 0.221 e. The van der Waals surface area contributed by atoms with Gasteiger partial charge in [0.05, 0.1) is 6.42 Å². The van der Waals surface area contributed by atoms with Gasteiger partial charge in [-0.25, -0.2) is 0 Å². The molecule has 2 N–H and O–H groups in total. The minimum Gasteiger partial charge on any atom is -0.425 e. The highest BCUT2D eigenvalue weighted by atomic mass is 16.4. The number of H-pyrrole nitrogens is 1. The molecule has 4 aromatic rings. The Morgan fingerprint density at radius 3 is 2.80 bits per heavy atom. The van der Waals surface area contributed by atoms with Gasteiger partial charge in [0.25, 0.3) is 0 Å². The summed E-state index contributed by atoms with van der Waals surface area (Å²) in [7, 11) is 0. The summed E-state index contributed by atoms with van der Waals surface area (Å²) in [4.78, 5) is 7.54. The Labute approximate surface area is 207 Å². The molecule has 0 unspecified atom stereocenters. The molecule has 6 heteroatoms. The van der Waals surface area contributed by atoms with Gasteiger partial charge < -0.3 is 14.7 Å². The molecular formula is C29H35N5O. The molecular weight excluding hydrogens is 434 g/mol. The molecule has 0 radical (unpaired) electrons. The molecule has 1 aliphatic carbocycles. The van der Waals surface area contributed by atoms with Gasteiger partial charge in [-0.3, -0.25) is 4.98 Å². The first kappa shape index (κ1) is 23.5. The van der Waals surface area contributed by atoms with Crippen LogP contribution >= 0.6 is 0 Å². The largest absolute Gasteiger partial charge is 0.425 e. The van der Waals surface area contributed by atoms with E-state index in [4.69, 9.17) is 4.42 Å². The predicted molar refractivity (Wildman–Crippen MR) is 139 cm³/mol. The van der Waals surface area contributed by atoms with Crippen molar-refractivity contribution in [1.82, 2.24) is 25.5 Å². The molecule has 1 aromatic carbocycles. The highest BCUT2D eigenvalue weighted by molar-refractivity contribution is 5.83. The number of allylic oxidation sites excluding steroid dienone is 1. The fourth-order valence-corrected chi connectivity index (χ4v) is 5.49. The van der Waals surface area contributed by atoms with Crippen molar-refractivity contribution in [1.29, 1.82) is 0 Å². The first-order valence-electron chi connectivity index (χ1n) is 12.7. The molecule has 5 rings (SSSR count). The Morgan fingerprint density at radius 1 is 1.11 bits per heavy atom. The molecule has 35 heavy (non-hydrogen) atoms. The zero-order valence-electron chi connectivity index (χ0n) is 20.9. The number of aromatic amines is 1. The first-order chi connectivity index (χ1) is 17.1. The molecule has 0 spiro atoms. The minimum atomic E-state index is 0.443. The summed E-state index contributed by atoms with van der Waals surface area (Å²) in [6.45, 7) is 8.79. The summed E-state index contributed by atoms with van der Waals surface area (Å²) in [6.07, 6.45) is 10.9. The van der Waals surface area contributed by atoms with E-state index in [9.17, 15) is 0 Å². The zero-order valence-corrected chi connectivity index (χ0v) is 20.9. The van der Waals surface area contributed by atoms with E-state index >= 15 is 0 Å². The van der Waals surface area contributed by atoms with E-state index in [1.54, 1.807) is 0 Å². The molecule has 0 amide bonds. The van der Waals surface area contributed by atoms with Crippen molar-refractivity contribution < 1.29 is 4.42 Å². The van der Waals surface area contributed by atoms with E-state index in [0.29, 0.717) is 36.0 Å².